The van der Waals surface area contributed by atoms with Crippen LogP contribution in [0.25, 0.3) is 16.9 Å². The fraction of sp³-hybridized carbons (Fsp3) is 0.516. The number of nitrogens with zero attached hydrogens (tertiary/aromatic N) is 2. The molecular weight excluding hydrogens is 414 g/mol. The van der Waals surface area contributed by atoms with Gasteiger partial charge in [0, 0.05) is 11.3 Å². The van der Waals surface area contributed by atoms with Gasteiger partial charge in [-0.05, 0) is 43.4 Å². The van der Waals surface area contributed by atoms with E-state index in [1.165, 1.54) is 81.8 Å². The van der Waals surface area contributed by atoms with E-state index in [2.05, 4.69) is 73.0 Å². The van der Waals surface area contributed by atoms with Gasteiger partial charge in [-0.1, -0.05) is 121 Å². The SMILES string of the molecule is CCCCCCCCCCc1ccc(-n2c(N)nc(CCCCCC)c2-c2ccccc2)cc1. The highest BCUT2D eigenvalue weighted by Gasteiger charge is 2.18. The summed E-state index contributed by atoms with van der Waals surface area (Å²) in [4.78, 5) is 4.82. The summed E-state index contributed by atoms with van der Waals surface area (Å²) in [6.07, 6.45) is 17.9. The van der Waals surface area contributed by atoms with Gasteiger partial charge >= 0.3 is 0 Å². The molecule has 1 aromatic heterocycles. The second-order valence-electron chi connectivity index (χ2n) is 9.67. The maximum atomic E-state index is 6.49. The van der Waals surface area contributed by atoms with Crippen molar-refractivity contribution in [2.75, 3.05) is 5.73 Å². The maximum absolute atomic E-state index is 6.49. The zero-order valence-corrected chi connectivity index (χ0v) is 21.6. The zero-order valence-electron chi connectivity index (χ0n) is 21.6. The van der Waals surface area contributed by atoms with Crippen molar-refractivity contribution in [3.05, 3.63) is 65.9 Å². The number of aromatic nitrogens is 2. The molecule has 2 N–H and O–H groups in total. The van der Waals surface area contributed by atoms with Crippen molar-refractivity contribution in [2.45, 2.75) is 104 Å². The third-order valence-corrected chi connectivity index (χ3v) is 6.80. The van der Waals surface area contributed by atoms with Crippen molar-refractivity contribution in [3.63, 3.8) is 0 Å². The van der Waals surface area contributed by atoms with E-state index in [0.29, 0.717) is 5.95 Å². The molecule has 34 heavy (non-hydrogen) atoms. The van der Waals surface area contributed by atoms with Gasteiger partial charge in [-0.2, -0.15) is 0 Å². The molecule has 0 fully saturated rings. The lowest BCUT2D eigenvalue weighted by atomic mass is 10.0. The predicted octanol–water partition coefficient (Wildman–Crippen LogP) is 8.93. The summed E-state index contributed by atoms with van der Waals surface area (Å²) in [6.45, 7) is 4.53. The topological polar surface area (TPSA) is 43.8 Å². The molecule has 3 heteroatoms. The minimum absolute atomic E-state index is 0.583. The zero-order chi connectivity index (χ0) is 24.0. The number of anilines is 1. The molecule has 0 spiro atoms. The Morgan fingerprint density at radius 1 is 0.647 bits per heavy atom. The van der Waals surface area contributed by atoms with Gasteiger partial charge < -0.3 is 5.73 Å². The second kappa shape index (κ2) is 14.7. The van der Waals surface area contributed by atoms with Crippen molar-refractivity contribution in [3.8, 4) is 16.9 Å². The number of aryl methyl sites for hydroxylation is 2. The molecule has 3 aromatic rings. The molecule has 1 heterocycles. The van der Waals surface area contributed by atoms with Crippen LogP contribution in [0.3, 0.4) is 0 Å². The fourth-order valence-corrected chi connectivity index (χ4v) is 4.81. The smallest absolute Gasteiger partial charge is 0.205 e. The average molecular weight is 460 g/mol. The number of benzene rings is 2. The molecule has 0 unspecified atom stereocenters. The lowest BCUT2D eigenvalue weighted by molar-refractivity contribution is 0.575. The van der Waals surface area contributed by atoms with Gasteiger partial charge in [-0.15, -0.1) is 0 Å². The number of imidazole rings is 1. The van der Waals surface area contributed by atoms with Crippen LogP contribution in [0.1, 0.15) is 102 Å². The predicted molar refractivity (Wildman–Crippen MR) is 148 cm³/mol. The molecular formula is C31H45N3. The number of unbranched alkanes of at least 4 members (excludes halogenated alkanes) is 10. The second-order valence-corrected chi connectivity index (χ2v) is 9.67. The van der Waals surface area contributed by atoms with Crippen LogP contribution in [-0.2, 0) is 12.8 Å². The average Bonchev–Trinajstić information content (AvgIpc) is 3.20. The fourth-order valence-electron chi connectivity index (χ4n) is 4.81. The van der Waals surface area contributed by atoms with E-state index >= 15 is 0 Å². The molecule has 0 saturated carbocycles. The summed E-state index contributed by atoms with van der Waals surface area (Å²) in [7, 11) is 0. The Morgan fingerprint density at radius 3 is 1.85 bits per heavy atom. The van der Waals surface area contributed by atoms with Crippen LogP contribution in [0, 0.1) is 0 Å². The number of hydrogen-bond acceptors (Lipinski definition) is 2. The first-order chi connectivity index (χ1) is 16.7. The van der Waals surface area contributed by atoms with Crippen LogP contribution in [-0.4, -0.2) is 9.55 Å². The number of nitrogen functional groups attached to an aromatic ring is 1. The highest BCUT2D eigenvalue weighted by Crippen LogP contribution is 2.31. The van der Waals surface area contributed by atoms with Gasteiger partial charge in [0.25, 0.3) is 0 Å². The number of hydrogen-bond donors (Lipinski definition) is 1. The third kappa shape index (κ3) is 7.75. The Labute approximate surface area is 207 Å². The normalized spacial score (nSPS) is 11.2. The Balaban J connectivity index is 1.67. The monoisotopic (exact) mass is 459 g/mol. The highest BCUT2D eigenvalue weighted by molar-refractivity contribution is 5.68. The van der Waals surface area contributed by atoms with Crippen molar-refractivity contribution >= 4 is 5.95 Å². The van der Waals surface area contributed by atoms with Crippen molar-refractivity contribution in [1.29, 1.82) is 0 Å². The van der Waals surface area contributed by atoms with E-state index in [1.807, 2.05) is 0 Å². The van der Waals surface area contributed by atoms with E-state index < -0.39 is 0 Å². The molecule has 184 valence electrons. The number of rotatable bonds is 16. The van der Waals surface area contributed by atoms with Crippen molar-refractivity contribution in [2.24, 2.45) is 0 Å². The van der Waals surface area contributed by atoms with Crippen LogP contribution in [0.15, 0.2) is 54.6 Å². The maximum Gasteiger partial charge on any atom is 0.205 e. The Bertz CT molecular complexity index is 941. The van der Waals surface area contributed by atoms with E-state index in [-0.39, 0.29) is 0 Å². The lowest BCUT2D eigenvalue weighted by Crippen LogP contribution is -2.03. The highest BCUT2D eigenvalue weighted by atomic mass is 15.2. The largest absolute Gasteiger partial charge is 0.369 e. The standard InChI is InChI=1S/C31H45N3/c1-3-5-7-9-10-11-12-14-18-26-22-24-28(25-23-26)34-30(27-19-15-13-16-20-27)29(33-31(34)32)21-17-8-6-4-2/h13,15-16,19-20,22-25H,3-12,14,17-18,21H2,1-2H3,(H2,32,33). The Kier molecular flexibility index (Phi) is 11.2. The molecule has 0 aliphatic carbocycles. The molecule has 3 rings (SSSR count). The van der Waals surface area contributed by atoms with Gasteiger partial charge in [-0.3, -0.25) is 4.57 Å². The molecule has 0 aliphatic rings. The molecule has 0 bridgehead atoms. The summed E-state index contributed by atoms with van der Waals surface area (Å²) >= 11 is 0. The summed E-state index contributed by atoms with van der Waals surface area (Å²) in [5.41, 5.74) is 12.4. The minimum Gasteiger partial charge on any atom is -0.369 e. The third-order valence-electron chi connectivity index (χ3n) is 6.80. The van der Waals surface area contributed by atoms with Crippen LogP contribution in [0.2, 0.25) is 0 Å². The summed E-state index contributed by atoms with van der Waals surface area (Å²) in [5.74, 6) is 0.583. The molecule has 2 aromatic carbocycles. The quantitative estimate of drug-likeness (QED) is 0.217. The van der Waals surface area contributed by atoms with E-state index in [4.69, 9.17) is 10.7 Å². The number of nitrogens with two attached hydrogens (primary N) is 1. The molecule has 3 nitrogen and oxygen atoms in total. The van der Waals surface area contributed by atoms with Crippen LogP contribution in [0.4, 0.5) is 5.95 Å². The van der Waals surface area contributed by atoms with Gasteiger partial charge in [0.15, 0.2) is 0 Å². The Morgan fingerprint density at radius 2 is 1.21 bits per heavy atom. The summed E-state index contributed by atoms with van der Waals surface area (Å²) in [6, 6.07) is 19.5. The molecule has 0 aliphatic heterocycles. The van der Waals surface area contributed by atoms with E-state index in [0.717, 1.165) is 36.3 Å². The lowest BCUT2D eigenvalue weighted by Gasteiger charge is -2.13. The van der Waals surface area contributed by atoms with E-state index in [9.17, 15) is 0 Å². The van der Waals surface area contributed by atoms with E-state index in [1.54, 1.807) is 0 Å². The summed E-state index contributed by atoms with van der Waals surface area (Å²) in [5, 5.41) is 0. The summed E-state index contributed by atoms with van der Waals surface area (Å²) < 4.78 is 2.14. The van der Waals surface area contributed by atoms with Crippen molar-refractivity contribution < 1.29 is 0 Å². The van der Waals surface area contributed by atoms with Crippen LogP contribution < -0.4 is 5.73 Å². The van der Waals surface area contributed by atoms with Gasteiger partial charge in [0.2, 0.25) is 5.95 Å². The molecule has 0 saturated heterocycles. The van der Waals surface area contributed by atoms with Gasteiger partial charge in [0.05, 0.1) is 11.4 Å². The first kappa shape index (κ1) is 26.1. The molecule has 0 radical (unpaired) electrons. The first-order valence-corrected chi connectivity index (χ1v) is 13.8. The van der Waals surface area contributed by atoms with Crippen LogP contribution >= 0.6 is 0 Å². The molecule has 0 amide bonds. The first-order valence-electron chi connectivity index (χ1n) is 13.8. The van der Waals surface area contributed by atoms with Gasteiger partial charge in [0.1, 0.15) is 0 Å². The molecule has 0 atom stereocenters. The Hall–Kier alpha value is -2.55. The van der Waals surface area contributed by atoms with Gasteiger partial charge in [-0.25, -0.2) is 4.98 Å². The minimum atomic E-state index is 0.583. The van der Waals surface area contributed by atoms with Crippen LogP contribution in [0.5, 0.6) is 0 Å². The van der Waals surface area contributed by atoms with Crippen molar-refractivity contribution in [1.82, 2.24) is 9.55 Å².